The van der Waals surface area contributed by atoms with Crippen molar-refractivity contribution in [2.24, 2.45) is 5.92 Å². The number of ether oxygens (including phenoxy) is 4. The summed E-state index contributed by atoms with van der Waals surface area (Å²) in [5.41, 5.74) is 1.99. The second-order valence-corrected chi connectivity index (χ2v) is 8.07. The Balaban J connectivity index is 1.23. The van der Waals surface area contributed by atoms with Crippen LogP contribution in [0.25, 0.3) is 5.57 Å². The van der Waals surface area contributed by atoms with Crippen LogP contribution in [-0.4, -0.2) is 43.6 Å². The van der Waals surface area contributed by atoms with Crippen molar-refractivity contribution in [3.8, 4) is 11.5 Å². The molecule has 5 rings (SSSR count). The highest BCUT2D eigenvalue weighted by atomic mass is 16.6. The summed E-state index contributed by atoms with van der Waals surface area (Å²) < 4.78 is 23.0. The number of allylic oxidation sites excluding steroid dienone is 1. The van der Waals surface area contributed by atoms with E-state index in [4.69, 9.17) is 18.9 Å². The van der Waals surface area contributed by atoms with Crippen molar-refractivity contribution in [2.75, 3.05) is 19.8 Å². The summed E-state index contributed by atoms with van der Waals surface area (Å²) in [4.78, 5) is 25.5. The quantitative estimate of drug-likeness (QED) is 0.685. The van der Waals surface area contributed by atoms with Crippen molar-refractivity contribution in [1.82, 2.24) is 0 Å². The molecular formula is C25H24O6. The van der Waals surface area contributed by atoms with Gasteiger partial charge in [-0.15, -0.1) is 0 Å². The zero-order valence-corrected chi connectivity index (χ0v) is 17.1. The van der Waals surface area contributed by atoms with Crippen LogP contribution in [-0.2, 0) is 14.3 Å². The molecule has 0 saturated heterocycles. The summed E-state index contributed by atoms with van der Waals surface area (Å²) in [6.07, 6.45) is 3.25. The SMILES string of the molecule is O=C(COC1CCC2C(=O)C(c3ccc4c(c3)OCCO4)=COC2C1)c1ccccc1. The van der Waals surface area contributed by atoms with Gasteiger partial charge in [0.15, 0.2) is 23.1 Å². The van der Waals surface area contributed by atoms with E-state index in [1.807, 2.05) is 36.4 Å². The molecular weight excluding hydrogens is 396 g/mol. The van der Waals surface area contributed by atoms with E-state index in [1.54, 1.807) is 18.4 Å². The first-order chi connectivity index (χ1) is 15.2. The number of benzene rings is 2. The van der Waals surface area contributed by atoms with Gasteiger partial charge >= 0.3 is 0 Å². The standard InChI is InChI=1S/C25H24O6/c26-21(16-4-2-1-3-5-16)15-30-18-7-8-19-23(13-18)31-14-20(25(19)27)17-6-9-22-24(12-17)29-11-10-28-22/h1-6,9,12,14,18-19,23H,7-8,10-11,13,15H2. The predicted octanol–water partition coefficient (Wildman–Crippen LogP) is 3.83. The number of ketones is 2. The van der Waals surface area contributed by atoms with Crippen LogP contribution in [0.1, 0.15) is 35.2 Å². The molecule has 31 heavy (non-hydrogen) atoms. The van der Waals surface area contributed by atoms with Crippen molar-refractivity contribution >= 4 is 17.1 Å². The number of hydrogen-bond donors (Lipinski definition) is 0. The van der Waals surface area contributed by atoms with Crippen LogP contribution in [0.5, 0.6) is 11.5 Å². The number of rotatable bonds is 5. The lowest BCUT2D eigenvalue weighted by atomic mass is 9.78. The van der Waals surface area contributed by atoms with E-state index in [1.165, 1.54) is 0 Å². The third-order valence-electron chi connectivity index (χ3n) is 6.11. The fourth-order valence-corrected chi connectivity index (χ4v) is 4.43. The number of fused-ring (bicyclic) bond motifs is 2. The van der Waals surface area contributed by atoms with Gasteiger partial charge in [0.25, 0.3) is 0 Å². The fraction of sp³-hybridized carbons (Fsp3) is 0.360. The second kappa shape index (κ2) is 8.55. The molecule has 2 aromatic carbocycles. The average molecular weight is 420 g/mol. The number of carbonyl (C=O) groups is 2. The fourth-order valence-electron chi connectivity index (χ4n) is 4.43. The summed E-state index contributed by atoms with van der Waals surface area (Å²) in [5.74, 6) is 1.20. The largest absolute Gasteiger partial charge is 0.496 e. The van der Waals surface area contributed by atoms with Crippen molar-refractivity contribution < 1.29 is 28.5 Å². The van der Waals surface area contributed by atoms with Gasteiger partial charge in [0.05, 0.1) is 23.9 Å². The third-order valence-corrected chi connectivity index (χ3v) is 6.11. The van der Waals surface area contributed by atoms with E-state index in [9.17, 15) is 9.59 Å². The van der Waals surface area contributed by atoms with E-state index in [2.05, 4.69) is 0 Å². The van der Waals surface area contributed by atoms with Gasteiger partial charge in [-0.05, 0) is 30.5 Å². The highest BCUT2D eigenvalue weighted by Crippen LogP contribution is 2.39. The highest BCUT2D eigenvalue weighted by Gasteiger charge is 2.41. The van der Waals surface area contributed by atoms with E-state index >= 15 is 0 Å². The smallest absolute Gasteiger partial charge is 0.188 e. The molecule has 6 nitrogen and oxygen atoms in total. The van der Waals surface area contributed by atoms with Gasteiger partial charge < -0.3 is 18.9 Å². The Morgan fingerprint density at radius 1 is 1.00 bits per heavy atom. The number of hydrogen-bond acceptors (Lipinski definition) is 6. The molecule has 2 aliphatic heterocycles. The Morgan fingerprint density at radius 3 is 2.65 bits per heavy atom. The van der Waals surface area contributed by atoms with Crippen molar-refractivity contribution in [1.29, 1.82) is 0 Å². The first-order valence-corrected chi connectivity index (χ1v) is 10.7. The van der Waals surface area contributed by atoms with Gasteiger partial charge in [0, 0.05) is 12.0 Å². The molecule has 2 heterocycles. The van der Waals surface area contributed by atoms with Crippen molar-refractivity contribution in [3.05, 3.63) is 65.9 Å². The maximum atomic E-state index is 13.2. The molecule has 1 aliphatic carbocycles. The molecule has 6 heteroatoms. The predicted molar refractivity (Wildman–Crippen MR) is 113 cm³/mol. The summed E-state index contributed by atoms with van der Waals surface area (Å²) >= 11 is 0. The zero-order valence-electron chi connectivity index (χ0n) is 17.1. The highest BCUT2D eigenvalue weighted by molar-refractivity contribution is 6.22. The first kappa shape index (κ1) is 19.8. The molecule has 1 saturated carbocycles. The summed E-state index contributed by atoms with van der Waals surface area (Å²) in [6, 6.07) is 14.7. The Bertz CT molecular complexity index is 1010. The van der Waals surface area contributed by atoms with Gasteiger partial charge in [-0.25, -0.2) is 0 Å². The van der Waals surface area contributed by atoms with Crippen LogP contribution in [0.3, 0.4) is 0 Å². The van der Waals surface area contributed by atoms with Gasteiger partial charge in [-0.1, -0.05) is 36.4 Å². The molecule has 160 valence electrons. The third kappa shape index (κ3) is 4.08. The summed E-state index contributed by atoms with van der Waals surface area (Å²) in [7, 11) is 0. The number of carbonyl (C=O) groups excluding carboxylic acids is 2. The Morgan fingerprint density at radius 2 is 1.81 bits per heavy atom. The van der Waals surface area contributed by atoms with Crippen LogP contribution >= 0.6 is 0 Å². The van der Waals surface area contributed by atoms with Crippen LogP contribution in [0.2, 0.25) is 0 Å². The molecule has 0 aromatic heterocycles. The van der Waals surface area contributed by atoms with Crippen molar-refractivity contribution in [3.63, 3.8) is 0 Å². The van der Waals surface area contributed by atoms with Crippen molar-refractivity contribution in [2.45, 2.75) is 31.5 Å². The Labute approximate surface area is 180 Å². The molecule has 3 atom stereocenters. The van der Waals surface area contributed by atoms with E-state index < -0.39 is 0 Å². The molecule has 2 aromatic rings. The molecule has 0 spiro atoms. The molecule has 3 unspecified atom stereocenters. The Kier molecular flexibility index (Phi) is 5.47. The number of Topliss-reactive ketones (excluding diaryl/α,β-unsaturated/α-hetero) is 2. The minimum absolute atomic E-state index is 0.0378. The van der Waals surface area contributed by atoms with Crippen LogP contribution < -0.4 is 9.47 Å². The minimum Gasteiger partial charge on any atom is -0.496 e. The van der Waals surface area contributed by atoms with E-state index in [-0.39, 0.29) is 36.3 Å². The first-order valence-electron chi connectivity index (χ1n) is 10.7. The van der Waals surface area contributed by atoms with Crippen LogP contribution in [0.15, 0.2) is 54.8 Å². The zero-order chi connectivity index (χ0) is 21.2. The molecule has 0 N–H and O–H groups in total. The van der Waals surface area contributed by atoms with Crippen LogP contribution in [0.4, 0.5) is 0 Å². The normalized spacial score (nSPS) is 24.6. The summed E-state index contributed by atoms with van der Waals surface area (Å²) in [5, 5.41) is 0. The Hall–Kier alpha value is -3.12. The summed E-state index contributed by atoms with van der Waals surface area (Å²) in [6.45, 7) is 1.07. The van der Waals surface area contributed by atoms with Gasteiger partial charge in [-0.3, -0.25) is 9.59 Å². The van der Waals surface area contributed by atoms with Gasteiger partial charge in [0.2, 0.25) is 0 Å². The maximum absolute atomic E-state index is 13.2. The van der Waals surface area contributed by atoms with Crippen LogP contribution in [0, 0.1) is 5.92 Å². The monoisotopic (exact) mass is 420 g/mol. The van der Waals surface area contributed by atoms with E-state index in [0.717, 1.165) is 12.0 Å². The average Bonchev–Trinajstić information content (AvgIpc) is 2.83. The molecule has 3 aliphatic rings. The van der Waals surface area contributed by atoms with Gasteiger partial charge in [0.1, 0.15) is 25.9 Å². The van der Waals surface area contributed by atoms with E-state index in [0.29, 0.717) is 48.7 Å². The lowest BCUT2D eigenvalue weighted by molar-refractivity contribution is -0.127. The molecule has 0 bridgehead atoms. The molecule has 1 fully saturated rings. The lowest BCUT2D eigenvalue weighted by Crippen LogP contribution is -2.41. The second-order valence-electron chi connectivity index (χ2n) is 8.07. The maximum Gasteiger partial charge on any atom is 0.188 e. The van der Waals surface area contributed by atoms with Gasteiger partial charge in [-0.2, -0.15) is 0 Å². The molecule has 0 radical (unpaired) electrons. The molecule has 0 amide bonds. The minimum atomic E-state index is -0.223. The topological polar surface area (TPSA) is 71.1 Å². The lowest BCUT2D eigenvalue weighted by Gasteiger charge is -2.37.